The molecule has 0 bridgehead atoms. The predicted octanol–water partition coefficient (Wildman–Crippen LogP) is 0.649. The number of carbonyl (C=O) groups excluding carboxylic acids is 3. The lowest BCUT2D eigenvalue weighted by Crippen LogP contribution is -2.45. The Hall–Kier alpha value is -1.19. The topological polar surface area (TPSA) is 54.5 Å². The summed E-state index contributed by atoms with van der Waals surface area (Å²) in [6.45, 7) is 3.75. The van der Waals surface area contributed by atoms with E-state index in [9.17, 15) is 14.4 Å². The summed E-state index contributed by atoms with van der Waals surface area (Å²) in [6, 6.07) is 0. The summed E-state index contributed by atoms with van der Waals surface area (Å²) in [5, 5.41) is 0. The molecule has 1 fully saturated rings. The minimum atomic E-state index is -1.05. The molecule has 0 radical (unpaired) electrons. The Labute approximate surface area is 89.6 Å². The van der Waals surface area contributed by atoms with E-state index in [1.54, 1.807) is 14.1 Å². The minimum Gasteiger partial charge on any atom is -0.348 e. The number of rotatable bonds is 1. The van der Waals surface area contributed by atoms with Gasteiger partial charge in [0.05, 0.1) is 0 Å². The maximum atomic E-state index is 11.7. The highest BCUT2D eigenvalue weighted by atomic mass is 16.2. The molecule has 0 spiro atoms. The lowest BCUT2D eigenvalue weighted by molar-refractivity contribution is -0.149. The molecule has 84 valence electrons. The first-order valence-electron chi connectivity index (χ1n) is 5.01. The monoisotopic (exact) mass is 211 g/mol. The Morgan fingerprint density at radius 1 is 1.20 bits per heavy atom. The third-order valence-corrected chi connectivity index (χ3v) is 2.64. The second kappa shape index (κ2) is 3.76. The lowest BCUT2D eigenvalue weighted by atomic mass is 9.71. The van der Waals surface area contributed by atoms with E-state index < -0.39 is 5.92 Å². The molecule has 1 aliphatic carbocycles. The number of amides is 1. The van der Waals surface area contributed by atoms with E-state index >= 15 is 0 Å². The van der Waals surface area contributed by atoms with Gasteiger partial charge in [-0.05, 0) is 5.41 Å². The van der Waals surface area contributed by atoms with Gasteiger partial charge >= 0.3 is 0 Å². The van der Waals surface area contributed by atoms with E-state index in [-0.39, 0.29) is 22.9 Å². The molecule has 4 heteroatoms. The zero-order valence-electron chi connectivity index (χ0n) is 9.66. The van der Waals surface area contributed by atoms with Gasteiger partial charge in [0.1, 0.15) is 0 Å². The molecular weight excluding hydrogens is 194 g/mol. The van der Waals surface area contributed by atoms with Crippen LogP contribution in [0.1, 0.15) is 26.7 Å². The van der Waals surface area contributed by atoms with Crippen LogP contribution in [0, 0.1) is 11.3 Å². The Kier molecular flexibility index (Phi) is 2.98. The molecule has 15 heavy (non-hydrogen) atoms. The van der Waals surface area contributed by atoms with Crippen LogP contribution in [0.5, 0.6) is 0 Å². The second-order valence-electron chi connectivity index (χ2n) is 5.12. The SMILES string of the molecule is CN(C)C(=O)C1C(=O)CC(C)(C)CC1=O. The van der Waals surface area contributed by atoms with E-state index in [4.69, 9.17) is 0 Å². The maximum Gasteiger partial charge on any atom is 0.240 e. The zero-order valence-corrected chi connectivity index (χ0v) is 9.66. The van der Waals surface area contributed by atoms with Crippen LogP contribution in [0.2, 0.25) is 0 Å². The molecule has 0 aromatic heterocycles. The first-order valence-corrected chi connectivity index (χ1v) is 5.01. The van der Waals surface area contributed by atoms with Gasteiger partial charge in [0, 0.05) is 26.9 Å². The van der Waals surface area contributed by atoms with Gasteiger partial charge in [-0.15, -0.1) is 0 Å². The van der Waals surface area contributed by atoms with Crippen molar-refractivity contribution < 1.29 is 14.4 Å². The van der Waals surface area contributed by atoms with Crippen molar-refractivity contribution in [1.29, 1.82) is 0 Å². The fourth-order valence-electron chi connectivity index (χ4n) is 1.92. The Morgan fingerprint density at radius 3 is 1.93 bits per heavy atom. The number of nitrogens with zero attached hydrogens (tertiary/aromatic N) is 1. The number of carbonyl (C=O) groups is 3. The molecule has 1 amide bonds. The third kappa shape index (κ3) is 2.43. The summed E-state index contributed by atoms with van der Waals surface area (Å²) in [7, 11) is 3.12. The van der Waals surface area contributed by atoms with Gasteiger partial charge < -0.3 is 4.90 Å². The molecule has 1 rings (SSSR count). The molecule has 1 saturated carbocycles. The average Bonchev–Trinajstić information content (AvgIpc) is 1.99. The third-order valence-electron chi connectivity index (χ3n) is 2.64. The van der Waals surface area contributed by atoms with E-state index in [0.717, 1.165) is 0 Å². The van der Waals surface area contributed by atoms with Crippen LogP contribution in [-0.4, -0.2) is 36.5 Å². The fourth-order valence-corrected chi connectivity index (χ4v) is 1.92. The Morgan fingerprint density at radius 2 is 1.60 bits per heavy atom. The van der Waals surface area contributed by atoms with Crippen molar-refractivity contribution in [3.05, 3.63) is 0 Å². The van der Waals surface area contributed by atoms with E-state index in [1.165, 1.54) is 4.90 Å². The van der Waals surface area contributed by atoms with Crippen LogP contribution in [0.4, 0.5) is 0 Å². The second-order valence-corrected chi connectivity index (χ2v) is 5.12. The summed E-state index contributed by atoms with van der Waals surface area (Å²) in [4.78, 5) is 36.3. The maximum absolute atomic E-state index is 11.7. The van der Waals surface area contributed by atoms with Gasteiger partial charge in [-0.2, -0.15) is 0 Å². The quantitative estimate of drug-likeness (QED) is 0.598. The van der Waals surface area contributed by atoms with Gasteiger partial charge in [-0.3, -0.25) is 14.4 Å². The smallest absolute Gasteiger partial charge is 0.240 e. The van der Waals surface area contributed by atoms with Gasteiger partial charge in [0.15, 0.2) is 17.5 Å². The van der Waals surface area contributed by atoms with Crippen LogP contribution in [-0.2, 0) is 14.4 Å². The molecule has 1 aliphatic rings. The van der Waals surface area contributed by atoms with Crippen molar-refractivity contribution in [3.8, 4) is 0 Å². The van der Waals surface area contributed by atoms with Gasteiger partial charge in [-0.25, -0.2) is 0 Å². The van der Waals surface area contributed by atoms with Crippen LogP contribution < -0.4 is 0 Å². The largest absolute Gasteiger partial charge is 0.348 e. The first-order chi connectivity index (χ1) is 6.74. The highest BCUT2D eigenvalue weighted by Crippen LogP contribution is 2.34. The Bertz CT molecular complexity index is 298. The standard InChI is InChI=1S/C11H17NO3/c1-11(2)5-7(13)9(8(14)6-11)10(15)12(3)4/h9H,5-6H2,1-4H3. The van der Waals surface area contributed by atoms with E-state index in [2.05, 4.69) is 0 Å². The van der Waals surface area contributed by atoms with Gasteiger partial charge in [-0.1, -0.05) is 13.8 Å². The van der Waals surface area contributed by atoms with Crippen molar-refractivity contribution in [2.24, 2.45) is 11.3 Å². The molecule has 0 atom stereocenters. The summed E-state index contributed by atoms with van der Waals surface area (Å²) in [5.41, 5.74) is -0.294. The van der Waals surface area contributed by atoms with Gasteiger partial charge in [0.25, 0.3) is 0 Å². The van der Waals surface area contributed by atoms with Crippen LogP contribution in [0.15, 0.2) is 0 Å². The van der Waals surface area contributed by atoms with Crippen molar-refractivity contribution in [2.75, 3.05) is 14.1 Å². The highest BCUT2D eigenvalue weighted by Gasteiger charge is 2.43. The van der Waals surface area contributed by atoms with Crippen molar-refractivity contribution >= 4 is 17.5 Å². The molecule has 0 N–H and O–H groups in total. The van der Waals surface area contributed by atoms with E-state index in [1.807, 2.05) is 13.8 Å². The van der Waals surface area contributed by atoms with Crippen molar-refractivity contribution in [1.82, 2.24) is 4.90 Å². The summed E-state index contributed by atoms with van der Waals surface area (Å²) in [5.74, 6) is -1.92. The minimum absolute atomic E-state index is 0.241. The highest BCUT2D eigenvalue weighted by molar-refractivity contribution is 6.20. The number of hydrogen-bond donors (Lipinski definition) is 0. The van der Waals surface area contributed by atoms with Crippen LogP contribution in [0.25, 0.3) is 0 Å². The summed E-state index contributed by atoms with van der Waals surface area (Å²) < 4.78 is 0. The van der Waals surface area contributed by atoms with E-state index in [0.29, 0.717) is 12.8 Å². The predicted molar refractivity (Wildman–Crippen MR) is 55.2 cm³/mol. The Balaban J connectivity index is 2.89. The molecular formula is C11H17NO3. The normalized spacial score (nSPS) is 21.6. The molecule has 0 saturated heterocycles. The molecule has 0 heterocycles. The number of Topliss-reactive ketones (excluding diaryl/α,β-unsaturated/α-hetero) is 2. The van der Waals surface area contributed by atoms with Gasteiger partial charge in [0.2, 0.25) is 5.91 Å². The summed E-state index contributed by atoms with van der Waals surface area (Å²) in [6.07, 6.45) is 0.617. The van der Waals surface area contributed by atoms with Crippen LogP contribution >= 0.6 is 0 Å². The number of ketones is 2. The molecule has 4 nitrogen and oxygen atoms in total. The molecule has 0 aliphatic heterocycles. The zero-order chi connectivity index (χ0) is 11.8. The van der Waals surface area contributed by atoms with Crippen molar-refractivity contribution in [2.45, 2.75) is 26.7 Å². The molecule has 0 aromatic rings. The van der Waals surface area contributed by atoms with Crippen molar-refractivity contribution in [3.63, 3.8) is 0 Å². The fraction of sp³-hybridized carbons (Fsp3) is 0.727. The average molecular weight is 211 g/mol. The summed E-state index contributed by atoms with van der Waals surface area (Å²) >= 11 is 0. The first kappa shape index (κ1) is 11.9. The van der Waals surface area contributed by atoms with Crippen LogP contribution in [0.3, 0.4) is 0 Å². The molecule has 0 unspecified atom stereocenters. The number of hydrogen-bond acceptors (Lipinski definition) is 3. The lowest BCUT2D eigenvalue weighted by Gasteiger charge is -2.32. The molecule has 0 aromatic carbocycles.